The number of aliphatic hydroxyl groups is 1. The van der Waals surface area contributed by atoms with Crippen molar-refractivity contribution in [2.45, 2.75) is 20.0 Å². The lowest BCUT2D eigenvalue weighted by Crippen LogP contribution is -2.02. The summed E-state index contributed by atoms with van der Waals surface area (Å²) in [5.74, 6) is 0.963. The smallest absolute Gasteiger partial charge is 0.197 e. The minimum Gasteiger partial charge on any atom is -0.389 e. The van der Waals surface area contributed by atoms with Crippen LogP contribution in [-0.4, -0.2) is 25.0 Å². The summed E-state index contributed by atoms with van der Waals surface area (Å²) in [6.45, 7) is 3.51. The van der Waals surface area contributed by atoms with Crippen molar-refractivity contribution in [3.05, 3.63) is 35.9 Å². The Morgan fingerprint density at radius 3 is 2.38 bits per heavy atom. The molecule has 1 N–H and O–H groups in total. The van der Waals surface area contributed by atoms with Gasteiger partial charge >= 0.3 is 0 Å². The fourth-order valence-electron chi connectivity index (χ4n) is 1.41. The van der Waals surface area contributed by atoms with Crippen LogP contribution in [0.5, 0.6) is 0 Å². The van der Waals surface area contributed by atoms with Gasteiger partial charge in [0.25, 0.3) is 0 Å². The predicted octanol–water partition coefficient (Wildman–Crippen LogP) is 1.30. The van der Waals surface area contributed by atoms with Gasteiger partial charge in [0.2, 0.25) is 0 Å². The summed E-state index contributed by atoms with van der Waals surface area (Å²) in [6.07, 6.45) is 4.33. The van der Waals surface area contributed by atoms with E-state index < -0.39 is 6.10 Å². The molecule has 16 heavy (non-hydrogen) atoms. The third-order valence-corrected chi connectivity index (χ3v) is 2.23. The van der Waals surface area contributed by atoms with E-state index in [9.17, 15) is 5.11 Å². The van der Waals surface area contributed by atoms with Crippen LogP contribution in [0, 0.1) is 6.92 Å². The molecule has 0 bridgehead atoms. The zero-order valence-corrected chi connectivity index (χ0v) is 9.12. The number of hydrogen-bond donors (Lipinski definition) is 1. The van der Waals surface area contributed by atoms with Gasteiger partial charge in [-0.1, -0.05) is 0 Å². The number of aromatic nitrogens is 4. The Kier molecular flexibility index (Phi) is 2.87. The van der Waals surface area contributed by atoms with Gasteiger partial charge in [0, 0.05) is 29.8 Å². The van der Waals surface area contributed by atoms with E-state index in [4.69, 9.17) is 0 Å². The van der Waals surface area contributed by atoms with Crippen LogP contribution in [0.3, 0.4) is 0 Å². The highest BCUT2D eigenvalue weighted by molar-refractivity contribution is 5.42. The molecule has 0 radical (unpaired) electrons. The molecule has 2 aromatic heterocycles. The van der Waals surface area contributed by atoms with Crippen LogP contribution in [0.2, 0.25) is 0 Å². The first-order chi connectivity index (χ1) is 7.68. The number of aryl methyl sites for hydroxylation is 1. The van der Waals surface area contributed by atoms with Crippen molar-refractivity contribution in [2.24, 2.45) is 0 Å². The largest absolute Gasteiger partial charge is 0.389 e. The SMILES string of the molecule is Cc1nc(-c2ncccn2)ncc1C(C)O. The van der Waals surface area contributed by atoms with Crippen LogP contribution in [0.1, 0.15) is 24.3 Å². The van der Waals surface area contributed by atoms with Gasteiger partial charge in [-0.3, -0.25) is 0 Å². The summed E-state index contributed by atoms with van der Waals surface area (Å²) in [5, 5.41) is 9.45. The minimum absolute atomic E-state index is 0.475. The number of rotatable bonds is 2. The molecule has 0 aliphatic rings. The molecule has 2 heterocycles. The average molecular weight is 216 g/mol. The highest BCUT2D eigenvalue weighted by Gasteiger charge is 2.10. The first-order valence-electron chi connectivity index (χ1n) is 4.97. The summed E-state index contributed by atoms with van der Waals surface area (Å²) < 4.78 is 0. The fraction of sp³-hybridized carbons (Fsp3) is 0.273. The second-order valence-electron chi connectivity index (χ2n) is 3.48. The zero-order chi connectivity index (χ0) is 11.5. The molecule has 82 valence electrons. The number of hydrogen-bond acceptors (Lipinski definition) is 5. The summed E-state index contributed by atoms with van der Waals surface area (Å²) in [6, 6.07) is 1.74. The highest BCUT2D eigenvalue weighted by Crippen LogP contribution is 2.16. The Labute approximate surface area is 93.3 Å². The Morgan fingerprint density at radius 2 is 1.81 bits per heavy atom. The van der Waals surface area contributed by atoms with Crippen molar-refractivity contribution in [3.63, 3.8) is 0 Å². The van der Waals surface area contributed by atoms with E-state index >= 15 is 0 Å². The van der Waals surface area contributed by atoms with Gasteiger partial charge in [0.1, 0.15) is 0 Å². The van der Waals surface area contributed by atoms with E-state index in [1.807, 2.05) is 6.92 Å². The molecule has 0 saturated carbocycles. The quantitative estimate of drug-likeness (QED) is 0.819. The molecule has 0 spiro atoms. The monoisotopic (exact) mass is 216 g/mol. The average Bonchev–Trinajstić information content (AvgIpc) is 2.29. The fourth-order valence-corrected chi connectivity index (χ4v) is 1.41. The Balaban J connectivity index is 2.43. The molecule has 0 fully saturated rings. The number of nitrogens with zero attached hydrogens (tertiary/aromatic N) is 4. The maximum Gasteiger partial charge on any atom is 0.197 e. The summed E-state index contributed by atoms with van der Waals surface area (Å²) in [4.78, 5) is 16.5. The second kappa shape index (κ2) is 4.32. The molecule has 0 aliphatic carbocycles. The molecule has 2 rings (SSSR count). The van der Waals surface area contributed by atoms with Crippen LogP contribution >= 0.6 is 0 Å². The van der Waals surface area contributed by atoms with E-state index in [0.29, 0.717) is 11.6 Å². The van der Waals surface area contributed by atoms with Gasteiger partial charge in [0.15, 0.2) is 11.6 Å². The normalized spacial score (nSPS) is 12.4. The van der Waals surface area contributed by atoms with Crippen molar-refractivity contribution in [1.82, 2.24) is 19.9 Å². The van der Waals surface area contributed by atoms with Gasteiger partial charge in [-0.05, 0) is 19.9 Å². The van der Waals surface area contributed by atoms with Crippen molar-refractivity contribution >= 4 is 0 Å². The molecule has 5 nitrogen and oxygen atoms in total. The molecule has 2 aromatic rings. The summed E-state index contributed by atoms with van der Waals surface area (Å²) in [5.41, 5.74) is 1.46. The molecular formula is C11H12N4O. The van der Waals surface area contributed by atoms with E-state index in [-0.39, 0.29) is 0 Å². The van der Waals surface area contributed by atoms with Crippen molar-refractivity contribution < 1.29 is 5.11 Å². The van der Waals surface area contributed by atoms with Gasteiger partial charge in [-0.2, -0.15) is 0 Å². The topological polar surface area (TPSA) is 71.8 Å². The predicted molar refractivity (Wildman–Crippen MR) is 58.4 cm³/mol. The van der Waals surface area contributed by atoms with Crippen LogP contribution in [-0.2, 0) is 0 Å². The highest BCUT2D eigenvalue weighted by atomic mass is 16.3. The molecule has 0 amide bonds. The van der Waals surface area contributed by atoms with E-state index in [2.05, 4.69) is 19.9 Å². The van der Waals surface area contributed by atoms with Crippen LogP contribution < -0.4 is 0 Å². The molecule has 5 heteroatoms. The first kappa shape index (κ1) is 10.6. The maximum atomic E-state index is 9.45. The van der Waals surface area contributed by atoms with Gasteiger partial charge in [0.05, 0.1) is 6.10 Å². The standard InChI is InChI=1S/C11H12N4O/c1-7-9(8(2)16)6-14-11(15-7)10-12-4-3-5-13-10/h3-6,8,16H,1-2H3. The number of aliphatic hydroxyl groups excluding tert-OH is 1. The minimum atomic E-state index is -0.564. The van der Waals surface area contributed by atoms with Crippen LogP contribution in [0.15, 0.2) is 24.7 Å². The molecule has 0 aliphatic heterocycles. The lowest BCUT2D eigenvalue weighted by atomic mass is 10.1. The third kappa shape index (κ3) is 2.04. The molecular weight excluding hydrogens is 204 g/mol. The van der Waals surface area contributed by atoms with E-state index in [1.54, 1.807) is 31.6 Å². The van der Waals surface area contributed by atoms with Crippen molar-refractivity contribution in [1.29, 1.82) is 0 Å². The summed E-state index contributed by atoms with van der Waals surface area (Å²) >= 11 is 0. The van der Waals surface area contributed by atoms with Crippen LogP contribution in [0.4, 0.5) is 0 Å². The van der Waals surface area contributed by atoms with Gasteiger partial charge in [-0.15, -0.1) is 0 Å². The Bertz CT molecular complexity index is 485. The maximum absolute atomic E-state index is 9.45. The lowest BCUT2D eigenvalue weighted by molar-refractivity contribution is 0.197. The van der Waals surface area contributed by atoms with Crippen molar-refractivity contribution in [2.75, 3.05) is 0 Å². The van der Waals surface area contributed by atoms with E-state index in [0.717, 1.165) is 11.3 Å². The van der Waals surface area contributed by atoms with E-state index in [1.165, 1.54) is 0 Å². The summed E-state index contributed by atoms with van der Waals surface area (Å²) in [7, 11) is 0. The Hall–Kier alpha value is -1.88. The first-order valence-corrected chi connectivity index (χ1v) is 4.97. The van der Waals surface area contributed by atoms with Gasteiger partial charge < -0.3 is 5.11 Å². The second-order valence-corrected chi connectivity index (χ2v) is 3.48. The third-order valence-electron chi connectivity index (χ3n) is 2.23. The van der Waals surface area contributed by atoms with Gasteiger partial charge in [-0.25, -0.2) is 19.9 Å². The molecule has 0 saturated heterocycles. The van der Waals surface area contributed by atoms with Crippen LogP contribution in [0.25, 0.3) is 11.6 Å². The molecule has 0 aromatic carbocycles. The molecule has 1 atom stereocenters. The lowest BCUT2D eigenvalue weighted by Gasteiger charge is -2.07. The Morgan fingerprint density at radius 1 is 1.12 bits per heavy atom. The van der Waals surface area contributed by atoms with Crippen molar-refractivity contribution in [3.8, 4) is 11.6 Å². The zero-order valence-electron chi connectivity index (χ0n) is 9.12. The molecule has 1 unspecified atom stereocenters.